The van der Waals surface area contributed by atoms with Gasteiger partial charge in [-0.2, -0.15) is 0 Å². The van der Waals surface area contributed by atoms with Crippen LogP contribution in [0.25, 0.3) is 0 Å². The molecule has 0 aliphatic carbocycles. The van der Waals surface area contributed by atoms with Crippen LogP contribution in [0.3, 0.4) is 0 Å². The van der Waals surface area contributed by atoms with Crippen molar-refractivity contribution in [3.8, 4) is 5.75 Å². The van der Waals surface area contributed by atoms with Crippen molar-refractivity contribution < 1.29 is 4.74 Å². The molecule has 3 rings (SSSR count). The normalized spacial score (nSPS) is 19.2. The first-order valence-corrected chi connectivity index (χ1v) is 7.65. The van der Waals surface area contributed by atoms with Crippen LogP contribution in [0.1, 0.15) is 48.7 Å². The minimum Gasteiger partial charge on any atom is -0.493 e. The number of aromatic nitrogens is 1. The third kappa shape index (κ3) is 3.08. The molecule has 1 aliphatic rings. The van der Waals surface area contributed by atoms with Gasteiger partial charge in [0.25, 0.3) is 0 Å². The molecule has 1 aromatic carbocycles. The average molecular weight is 282 g/mol. The second-order valence-electron chi connectivity index (χ2n) is 5.68. The Morgan fingerprint density at radius 3 is 2.95 bits per heavy atom. The van der Waals surface area contributed by atoms with Crippen LogP contribution in [0.5, 0.6) is 5.75 Å². The minimum atomic E-state index is 0.225. The Hall–Kier alpha value is -1.87. The number of nitrogens with zero attached hydrogens (tertiary/aromatic N) is 1. The van der Waals surface area contributed by atoms with E-state index in [1.165, 1.54) is 11.1 Å². The molecule has 0 fully saturated rings. The Morgan fingerprint density at radius 2 is 2.14 bits per heavy atom. The summed E-state index contributed by atoms with van der Waals surface area (Å²) in [7, 11) is 0. The van der Waals surface area contributed by atoms with Crippen LogP contribution in [-0.2, 0) is 0 Å². The van der Waals surface area contributed by atoms with Gasteiger partial charge in [-0.15, -0.1) is 0 Å². The van der Waals surface area contributed by atoms with E-state index in [1.807, 2.05) is 18.3 Å². The number of nitrogens with one attached hydrogen (secondary N) is 1. The highest BCUT2D eigenvalue weighted by Crippen LogP contribution is 2.35. The van der Waals surface area contributed by atoms with Crippen LogP contribution in [0, 0.1) is 6.92 Å². The molecular formula is C18H22N2O. The van der Waals surface area contributed by atoms with Crippen LogP contribution < -0.4 is 10.1 Å². The quantitative estimate of drug-likeness (QED) is 0.925. The Kier molecular flexibility index (Phi) is 4.20. The summed E-state index contributed by atoms with van der Waals surface area (Å²) in [5.41, 5.74) is 3.57. The van der Waals surface area contributed by atoms with Crippen molar-refractivity contribution in [3.63, 3.8) is 0 Å². The zero-order valence-electron chi connectivity index (χ0n) is 12.7. The van der Waals surface area contributed by atoms with E-state index >= 15 is 0 Å². The summed E-state index contributed by atoms with van der Waals surface area (Å²) in [6.07, 6.45) is 4.01. The smallest absolute Gasteiger partial charge is 0.126 e. The summed E-state index contributed by atoms with van der Waals surface area (Å²) < 4.78 is 5.94. The molecule has 21 heavy (non-hydrogen) atoms. The lowest BCUT2D eigenvalue weighted by molar-refractivity contribution is 0.312. The number of fused-ring (bicyclic) bond motifs is 1. The Balaban J connectivity index is 1.84. The third-order valence-electron chi connectivity index (χ3n) is 4.08. The number of benzene rings is 1. The number of hydrogen-bond acceptors (Lipinski definition) is 3. The summed E-state index contributed by atoms with van der Waals surface area (Å²) in [6, 6.07) is 13.0. The Bertz CT molecular complexity index is 597. The number of para-hydroxylation sites is 1. The molecule has 3 nitrogen and oxygen atoms in total. The van der Waals surface area contributed by atoms with Crippen molar-refractivity contribution in [2.45, 2.75) is 38.8 Å². The van der Waals surface area contributed by atoms with E-state index in [9.17, 15) is 0 Å². The first-order valence-electron chi connectivity index (χ1n) is 7.65. The van der Waals surface area contributed by atoms with E-state index in [-0.39, 0.29) is 6.04 Å². The predicted molar refractivity (Wildman–Crippen MR) is 84.4 cm³/mol. The van der Waals surface area contributed by atoms with Crippen LogP contribution >= 0.6 is 0 Å². The highest BCUT2D eigenvalue weighted by Gasteiger charge is 2.22. The highest BCUT2D eigenvalue weighted by atomic mass is 16.5. The monoisotopic (exact) mass is 282 g/mol. The second kappa shape index (κ2) is 6.27. The molecule has 3 heteroatoms. The van der Waals surface area contributed by atoms with E-state index in [0.29, 0.717) is 6.04 Å². The number of rotatable bonds is 3. The number of ether oxygens (including phenoxy) is 1. The van der Waals surface area contributed by atoms with E-state index in [0.717, 1.165) is 30.9 Å². The minimum absolute atomic E-state index is 0.225. The van der Waals surface area contributed by atoms with Gasteiger partial charge >= 0.3 is 0 Å². The zero-order chi connectivity index (χ0) is 14.7. The number of pyridine rings is 1. The number of hydrogen-bond donors (Lipinski definition) is 1. The van der Waals surface area contributed by atoms with E-state index in [4.69, 9.17) is 4.74 Å². The van der Waals surface area contributed by atoms with E-state index < -0.39 is 0 Å². The largest absolute Gasteiger partial charge is 0.493 e. The van der Waals surface area contributed by atoms with Gasteiger partial charge in [0.1, 0.15) is 5.75 Å². The van der Waals surface area contributed by atoms with Gasteiger partial charge in [0, 0.05) is 23.8 Å². The SMILES string of the molecule is Cc1cccc2c1OCCCC2NC(C)c1ccccn1. The summed E-state index contributed by atoms with van der Waals surface area (Å²) in [5, 5.41) is 3.72. The first kappa shape index (κ1) is 14.1. The molecule has 1 aromatic heterocycles. The molecule has 0 bridgehead atoms. The molecule has 0 saturated heterocycles. The molecular weight excluding hydrogens is 260 g/mol. The lowest BCUT2D eigenvalue weighted by Crippen LogP contribution is -2.25. The van der Waals surface area contributed by atoms with Crippen LogP contribution in [0.2, 0.25) is 0 Å². The van der Waals surface area contributed by atoms with Crippen molar-refractivity contribution in [2.75, 3.05) is 6.61 Å². The molecule has 1 N–H and O–H groups in total. The molecule has 0 radical (unpaired) electrons. The molecule has 0 saturated carbocycles. The highest BCUT2D eigenvalue weighted by molar-refractivity contribution is 5.43. The summed E-state index contributed by atoms with van der Waals surface area (Å²) >= 11 is 0. The van der Waals surface area contributed by atoms with Gasteiger partial charge in [0.05, 0.1) is 12.3 Å². The van der Waals surface area contributed by atoms with Crippen molar-refractivity contribution in [1.82, 2.24) is 10.3 Å². The lowest BCUT2D eigenvalue weighted by atomic mass is 9.98. The molecule has 2 atom stereocenters. The Morgan fingerprint density at radius 1 is 1.24 bits per heavy atom. The molecule has 2 unspecified atom stereocenters. The van der Waals surface area contributed by atoms with E-state index in [1.54, 1.807) is 0 Å². The zero-order valence-corrected chi connectivity index (χ0v) is 12.7. The van der Waals surface area contributed by atoms with Gasteiger partial charge in [-0.1, -0.05) is 24.3 Å². The fraction of sp³-hybridized carbons (Fsp3) is 0.389. The second-order valence-corrected chi connectivity index (χ2v) is 5.68. The predicted octanol–water partition coefficient (Wildman–Crippen LogP) is 3.95. The van der Waals surface area contributed by atoms with Crippen molar-refractivity contribution in [2.24, 2.45) is 0 Å². The van der Waals surface area contributed by atoms with Gasteiger partial charge in [0.15, 0.2) is 0 Å². The summed E-state index contributed by atoms with van der Waals surface area (Å²) in [4.78, 5) is 4.45. The maximum absolute atomic E-state index is 5.94. The van der Waals surface area contributed by atoms with Crippen molar-refractivity contribution >= 4 is 0 Å². The fourth-order valence-corrected chi connectivity index (χ4v) is 2.96. The molecule has 1 aliphatic heterocycles. The number of aryl methyl sites for hydroxylation is 1. The van der Waals surface area contributed by atoms with E-state index in [2.05, 4.69) is 48.4 Å². The maximum atomic E-state index is 5.94. The van der Waals surface area contributed by atoms with Gasteiger partial charge < -0.3 is 10.1 Å². The van der Waals surface area contributed by atoms with Gasteiger partial charge in [-0.25, -0.2) is 0 Å². The summed E-state index contributed by atoms with van der Waals surface area (Å²) in [6.45, 7) is 5.08. The van der Waals surface area contributed by atoms with Crippen LogP contribution in [-0.4, -0.2) is 11.6 Å². The van der Waals surface area contributed by atoms with Crippen LogP contribution in [0.15, 0.2) is 42.6 Å². The Labute approximate surface area is 126 Å². The molecule has 2 heterocycles. The van der Waals surface area contributed by atoms with Gasteiger partial charge in [-0.05, 0) is 44.4 Å². The fourth-order valence-electron chi connectivity index (χ4n) is 2.96. The first-order chi connectivity index (χ1) is 10.3. The average Bonchev–Trinajstić information content (AvgIpc) is 2.72. The lowest BCUT2D eigenvalue weighted by Gasteiger charge is -2.23. The molecule has 0 spiro atoms. The van der Waals surface area contributed by atoms with Crippen molar-refractivity contribution in [3.05, 3.63) is 59.4 Å². The molecule has 0 amide bonds. The van der Waals surface area contributed by atoms with Crippen LogP contribution in [0.4, 0.5) is 0 Å². The topological polar surface area (TPSA) is 34.1 Å². The molecule has 110 valence electrons. The van der Waals surface area contributed by atoms with Gasteiger partial charge in [0.2, 0.25) is 0 Å². The third-order valence-corrected chi connectivity index (χ3v) is 4.08. The maximum Gasteiger partial charge on any atom is 0.126 e. The summed E-state index contributed by atoms with van der Waals surface area (Å²) in [5.74, 6) is 1.06. The standard InChI is InChI=1S/C18H22N2O/c1-13-7-5-8-15-17(10-6-12-21-18(13)15)20-14(2)16-9-3-4-11-19-16/h3-5,7-9,11,14,17,20H,6,10,12H2,1-2H3. The molecule has 2 aromatic rings. The van der Waals surface area contributed by atoms with Gasteiger partial charge in [-0.3, -0.25) is 4.98 Å². The van der Waals surface area contributed by atoms with Crippen molar-refractivity contribution in [1.29, 1.82) is 0 Å².